The van der Waals surface area contributed by atoms with Gasteiger partial charge in [-0.2, -0.15) is 5.10 Å². The summed E-state index contributed by atoms with van der Waals surface area (Å²) in [5.41, 5.74) is 2.60. The molecule has 0 aliphatic carbocycles. The Morgan fingerprint density at radius 3 is 3.04 bits per heavy atom. The molecule has 26 heavy (non-hydrogen) atoms. The van der Waals surface area contributed by atoms with Gasteiger partial charge in [0, 0.05) is 24.4 Å². The van der Waals surface area contributed by atoms with Crippen LogP contribution in [0.4, 0.5) is 0 Å². The molecule has 0 radical (unpaired) electrons. The first-order chi connectivity index (χ1) is 12.7. The Morgan fingerprint density at radius 2 is 2.15 bits per heavy atom. The molecule has 0 saturated carbocycles. The fraction of sp³-hybridized carbons (Fsp3) is 0.333. The summed E-state index contributed by atoms with van der Waals surface area (Å²) in [5.74, 6) is 1.24. The van der Waals surface area contributed by atoms with Crippen molar-refractivity contribution in [1.82, 2.24) is 15.1 Å². The van der Waals surface area contributed by atoms with Gasteiger partial charge in [-0.05, 0) is 43.5 Å². The summed E-state index contributed by atoms with van der Waals surface area (Å²) in [5, 5.41) is 8.09. The molecular weight excluding hydrogens is 326 g/mol. The van der Waals surface area contributed by atoms with E-state index in [2.05, 4.69) is 23.2 Å². The number of para-hydroxylation sites is 1. The third kappa shape index (κ3) is 3.43. The lowest BCUT2D eigenvalue weighted by Crippen LogP contribution is -2.41. The highest BCUT2D eigenvalue weighted by atomic mass is 16.5. The van der Waals surface area contributed by atoms with Gasteiger partial charge in [-0.1, -0.05) is 30.3 Å². The van der Waals surface area contributed by atoms with Crippen molar-refractivity contribution >= 4 is 16.8 Å². The van der Waals surface area contributed by atoms with Crippen LogP contribution < -0.4 is 4.74 Å². The van der Waals surface area contributed by atoms with E-state index in [0.717, 1.165) is 36.0 Å². The minimum atomic E-state index is 0.00251. The molecule has 1 aliphatic rings. The maximum atomic E-state index is 12.9. The first kappa shape index (κ1) is 16.6. The summed E-state index contributed by atoms with van der Waals surface area (Å²) < 4.78 is 5.96. The third-order valence-corrected chi connectivity index (χ3v) is 4.95. The molecule has 1 fully saturated rings. The quantitative estimate of drug-likeness (QED) is 0.779. The molecule has 0 spiro atoms. The zero-order chi connectivity index (χ0) is 17.9. The third-order valence-electron chi connectivity index (χ3n) is 4.95. The molecule has 1 unspecified atom stereocenters. The molecule has 2 heterocycles. The van der Waals surface area contributed by atoms with Crippen molar-refractivity contribution in [2.45, 2.75) is 19.8 Å². The molecule has 1 amide bonds. The normalized spacial score (nSPS) is 17.4. The monoisotopic (exact) mass is 349 g/mol. The lowest BCUT2D eigenvalue weighted by atomic mass is 9.98. The minimum absolute atomic E-state index is 0.00251. The molecule has 1 aromatic heterocycles. The van der Waals surface area contributed by atoms with Gasteiger partial charge in [0.15, 0.2) is 5.69 Å². The number of H-pyrrole nitrogens is 1. The van der Waals surface area contributed by atoms with Gasteiger partial charge in [-0.25, -0.2) is 0 Å². The maximum Gasteiger partial charge on any atom is 0.275 e. The Balaban J connectivity index is 1.42. The number of benzene rings is 2. The van der Waals surface area contributed by atoms with E-state index in [1.165, 1.54) is 5.56 Å². The van der Waals surface area contributed by atoms with Gasteiger partial charge in [-0.15, -0.1) is 0 Å². The van der Waals surface area contributed by atoms with Crippen LogP contribution in [-0.4, -0.2) is 40.7 Å². The number of nitrogens with one attached hydrogen (secondary N) is 1. The summed E-state index contributed by atoms with van der Waals surface area (Å²) in [6, 6.07) is 15.8. The average molecular weight is 349 g/mol. The second-order valence-corrected chi connectivity index (χ2v) is 7.00. The summed E-state index contributed by atoms with van der Waals surface area (Å²) in [6.45, 7) is 4.18. The molecular formula is C21H23N3O2. The Hall–Kier alpha value is -2.82. The van der Waals surface area contributed by atoms with Crippen LogP contribution in [0, 0.1) is 12.8 Å². The van der Waals surface area contributed by atoms with E-state index in [1.807, 2.05) is 47.4 Å². The smallest absolute Gasteiger partial charge is 0.275 e. The van der Waals surface area contributed by atoms with Crippen LogP contribution in [-0.2, 0) is 0 Å². The fourth-order valence-electron chi connectivity index (χ4n) is 3.58. The number of ether oxygens (including phenoxy) is 1. The number of carbonyl (C=O) groups is 1. The van der Waals surface area contributed by atoms with Crippen LogP contribution in [0.25, 0.3) is 10.9 Å². The van der Waals surface area contributed by atoms with E-state index in [9.17, 15) is 4.79 Å². The highest BCUT2D eigenvalue weighted by molar-refractivity contribution is 6.04. The van der Waals surface area contributed by atoms with Crippen molar-refractivity contribution in [2.75, 3.05) is 19.7 Å². The summed E-state index contributed by atoms with van der Waals surface area (Å²) in [6.07, 6.45) is 2.08. The predicted octanol–water partition coefficient (Wildman–Crippen LogP) is 3.80. The molecule has 134 valence electrons. The SMILES string of the molecule is Cc1cccc(OCC2CCCN(C(=O)c3n[nH]c4ccccc34)C2)c1. The molecule has 2 aromatic carbocycles. The Labute approximate surface area is 153 Å². The van der Waals surface area contributed by atoms with Crippen LogP contribution in [0.1, 0.15) is 28.9 Å². The highest BCUT2D eigenvalue weighted by Crippen LogP contribution is 2.23. The minimum Gasteiger partial charge on any atom is -0.493 e. The number of hydrogen-bond donors (Lipinski definition) is 1. The fourth-order valence-corrected chi connectivity index (χ4v) is 3.58. The number of nitrogens with zero attached hydrogens (tertiary/aromatic N) is 2. The van der Waals surface area contributed by atoms with Crippen molar-refractivity contribution in [3.63, 3.8) is 0 Å². The van der Waals surface area contributed by atoms with E-state index < -0.39 is 0 Å². The van der Waals surface area contributed by atoms with E-state index in [1.54, 1.807) is 0 Å². The zero-order valence-corrected chi connectivity index (χ0v) is 14.9. The number of piperidine rings is 1. The molecule has 1 aliphatic heterocycles. The number of rotatable bonds is 4. The van der Waals surface area contributed by atoms with E-state index >= 15 is 0 Å². The van der Waals surface area contributed by atoms with Crippen LogP contribution in [0.5, 0.6) is 5.75 Å². The lowest BCUT2D eigenvalue weighted by molar-refractivity contribution is 0.0629. The van der Waals surface area contributed by atoms with Gasteiger partial charge >= 0.3 is 0 Å². The molecule has 5 heteroatoms. The van der Waals surface area contributed by atoms with Gasteiger partial charge in [0.25, 0.3) is 5.91 Å². The predicted molar refractivity (Wildman–Crippen MR) is 101 cm³/mol. The molecule has 3 aromatic rings. The Morgan fingerprint density at radius 1 is 1.27 bits per heavy atom. The number of carbonyl (C=O) groups excluding carboxylic acids is 1. The zero-order valence-electron chi connectivity index (χ0n) is 14.9. The Kier molecular flexibility index (Phi) is 4.61. The van der Waals surface area contributed by atoms with Crippen molar-refractivity contribution in [1.29, 1.82) is 0 Å². The molecule has 4 rings (SSSR count). The second-order valence-electron chi connectivity index (χ2n) is 7.00. The number of aromatic amines is 1. The van der Waals surface area contributed by atoms with Gasteiger partial charge in [0.05, 0.1) is 12.1 Å². The second kappa shape index (κ2) is 7.20. The van der Waals surface area contributed by atoms with Gasteiger partial charge in [0.2, 0.25) is 0 Å². The standard InChI is InChI=1S/C21H23N3O2/c1-15-6-4-8-17(12-15)26-14-16-7-5-11-24(13-16)21(25)20-18-9-2-3-10-19(18)22-23-20/h2-4,6,8-10,12,16H,5,7,11,13-14H2,1H3,(H,22,23). The number of fused-ring (bicyclic) bond motifs is 1. The molecule has 0 bridgehead atoms. The van der Waals surface area contributed by atoms with Crippen LogP contribution >= 0.6 is 0 Å². The van der Waals surface area contributed by atoms with Gasteiger partial charge < -0.3 is 9.64 Å². The topological polar surface area (TPSA) is 58.2 Å². The van der Waals surface area contributed by atoms with E-state index in [4.69, 9.17) is 4.74 Å². The van der Waals surface area contributed by atoms with Gasteiger partial charge in [0.1, 0.15) is 5.75 Å². The van der Waals surface area contributed by atoms with E-state index in [0.29, 0.717) is 24.8 Å². The Bertz CT molecular complexity index is 918. The largest absolute Gasteiger partial charge is 0.493 e. The highest BCUT2D eigenvalue weighted by Gasteiger charge is 2.27. The number of hydrogen-bond acceptors (Lipinski definition) is 3. The van der Waals surface area contributed by atoms with Crippen molar-refractivity contribution < 1.29 is 9.53 Å². The first-order valence-electron chi connectivity index (χ1n) is 9.12. The molecule has 1 saturated heterocycles. The van der Waals surface area contributed by atoms with Crippen LogP contribution in [0.2, 0.25) is 0 Å². The first-order valence-corrected chi connectivity index (χ1v) is 9.12. The van der Waals surface area contributed by atoms with Gasteiger partial charge in [-0.3, -0.25) is 9.89 Å². The number of likely N-dealkylation sites (tertiary alicyclic amines) is 1. The van der Waals surface area contributed by atoms with Crippen LogP contribution in [0.3, 0.4) is 0 Å². The number of aromatic nitrogens is 2. The maximum absolute atomic E-state index is 12.9. The number of amides is 1. The van der Waals surface area contributed by atoms with Crippen molar-refractivity contribution in [2.24, 2.45) is 5.92 Å². The van der Waals surface area contributed by atoms with Crippen LogP contribution in [0.15, 0.2) is 48.5 Å². The van der Waals surface area contributed by atoms with Crippen molar-refractivity contribution in [3.8, 4) is 5.75 Å². The molecule has 1 N–H and O–H groups in total. The average Bonchev–Trinajstić information content (AvgIpc) is 3.10. The summed E-state index contributed by atoms with van der Waals surface area (Å²) >= 11 is 0. The van der Waals surface area contributed by atoms with Crippen molar-refractivity contribution in [3.05, 3.63) is 59.8 Å². The summed E-state index contributed by atoms with van der Waals surface area (Å²) in [4.78, 5) is 14.9. The lowest BCUT2D eigenvalue weighted by Gasteiger charge is -2.32. The van der Waals surface area contributed by atoms with E-state index in [-0.39, 0.29) is 5.91 Å². The number of aryl methyl sites for hydroxylation is 1. The molecule has 1 atom stereocenters. The molecule has 5 nitrogen and oxygen atoms in total. The summed E-state index contributed by atoms with van der Waals surface area (Å²) in [7, 11) is 0.